The number of carboxylic acid groups (broad SMARTS) is 1. The van der Waals surface area contributed by atoms with Gasteiger partial charge in [-0.3, -0.25) is 0 Å². The number of nitrogens with zero attached hydrogens (tertiary/aromatic N) is 3. The number of aromatic carboxylic acids is 1. The van der Waals surface area contributed by atoms with Crippen LogP contribution in [0.1, 0.15) is 28.8 Å². The predicted molar refractivity (Wildman–Crippen MR) is 128 cm³/mol. The molecular formula is C28H20F3N3O3. The predicted octanol–water partition coefficient (Wildman–Crippen LogP) is 3.44. The number of halogens is 3. The maximum atomic E-state index is 15.9. The third kappa shape index (κ3) is 3.55. The Morgan fingerprint density at radius 1 is 1.03 bits per heavy atom. The van der Waals surface area contributed by atoms with Gasteiger partial charge in [-0.05, 0) is 24.6 Å². The molecule has 9 heteroatoms. The maximum absolute atomic E-state index is 15.9. The largest absolute Gasteiger partial charge is 0.545 e. The van der Waals surface area contributed by atoms with Crippen LogP contribution in [0.5, 0.6) is 0 Å². The number of benzene rings is 3. The van der Waals surface area contributed by atoms with E-state index in [1.165, 1.54) is 0 Å². The minimum Gasteiger partial charge on any atom is -0.545 e. The van der Waals surface area contributed by atoms with Gasteiger partial charge in [-0.1, -0.05) is 0 Å². The summed E-state index contributed by atoms with van der Waals surface area (Å²) in [5, 5.41) is 22.4. The van der Waals surface area contributed by atoms with Crippen LogP contribution < -0.4 is 19.9 Å². The van der Waals surface area contributed by atoms with Crippen molar-refractivity contribution in [1.82, 2.24) is 4.58 Å². The Morgan fingerprint density at radius 3 is 2.43 bits per heavy atom. The normalized spacial score (nSPS) is 15.0. The Hall–Kier alpha value is -4.32. The van der Waals surface area contributed by atoms with Crippen molar-refractivity contribution >= 4 is 22.6 Å². The van der Waals surface area contributed by atoms with Gasteiger partial charge in [0, 0.05) is 64.1 Å². The van der Waals surface area contributed by atoms with E-state index in [2.05, 4.69) is 9.48 Å². The van der Waals surface area contributed by atoms with Gasteiger partial charge in [-0.15, -0.1) is 0 Å². The number of fused-ring (bicyclic) bond motifs is 2. The van der Waals surface area contributed by atoms with E-state index < -0.39 is 46.5 Å². The zero-order valence-corrected chi connectivity index (χ0v) is 19.6. The number of carboxylic acids is 1. The van der Waals surface area contributed by atoms with Crippen molar-refractivity contribution in [2.75, 3.05) is 31.1 Å². The number of carbonyl (C=O) groups is 1. The average molecular weight is 503 g/mol. The van der Waals surface area contributed by atoms with Crippen molar-refractivity contribution in [1.29, 1.82) is 5.26 Å². The third-order valence-corrected chi connectivity index (χ3v) is 7.25. The van der Waals surface area contributed by atoms with Crippen molar-refractivity contribution < 1.29 is 27.5 Å². The summed E-state index contributed by atoms with van der Waals surface area (Å²) in [4.78, 5) is 14.2. The highest BCUT2D eigenvalue weighted by Gasteiger charge is 2.31. The lowest BCUT2D eigenvalue weighted by Crippen LogP contribution is -2.40. The summed E-state index contributed by atoms with van der Waals surface area (Å²) in [6.07, 6.45) is 1.32. The Kier molecular flexibility index (Phi) is 5.41. The van der Waals surface area contributed by atoms with Gasteiger partial charge in [0.1, 0.15) is 30.3 Å². The minimum absolute atomic E-state index is 0.0383. The molecule has 1 aliphatic carbocycles. The lowest BCUT2D eigenvalue weighted by atomic mass is 9.88. The molecule has 6 rings (SSSR count). The average Bonchev–Trinajstić information content (AvgIpc) is 2.80. The number of rotatable bonds is 4. The van der Waals surface area contributed by atoms with Crippen molar-refractivity contribution in [3.8, 4) is 28.5 Å². The molecule has 2 fully saturated rings. The molecular weight excluding hydrogens is 483 g/mol. The highest BCUT2D eigenvalue weighted by Crippen LogP contribution is 2.45. The van der Waals surface area contributed by atoms with E-state index in [1.54, 1.807) is 42.5 Å². The summed E-state index contributed by atoms with van der Waals surface area (Å²) >= 11 is 0. The van der Waals surface area contributed by atoms with E-state index in [9.17, 15) is 14.3 Å². The number of hydrogen-bond donors (Lipinski definition) is 0. The first kappa shape index (κ1) is 23.1. The molecule has 4 aliphatic rings. The van der Waals surface area contributed by atoms with E-state index in [1.807, 2.05) is 0 Å². The molecule has 0 atom stereocenters. The number of carbonyl (C=O) groups excluding carboxylic acids is 1. The van der Waals surface area contributed by atoms with Gasteiger partial charge < -0.3 is 19.2 Å². The first-order valence-corrected chi connectivity index (χ1v) is 12.0. The second kappa shape index (κ2) is 8.66. The molecule has 0 saturated carbocycles. The quantitative estimate of drug-likeness (QED) is 0.242. The van der Waals surface area contributed by atoms with Crippen molar-refractivity contribution in [3.63, 3.8) is 0 Å². The summed E-state index contributed by atoms with van der Waals surface area (Å²) in [5.74, 6) is -6.52. The van der Waals surface area contributed by atoms with Crippen LogP contribution in [0.3, 0.4) is 0 Å². The van der Waals surface area contributed by atoms with Crippen molar-refractivity contribution in [2.24, 2.45) is 0 Å². The zero-order chi connectivity index (χ0) is 25.8. The van der Waals surface area contributed by atoms with Crippen LogP contribution in [-0.4, -0.2) is 32.1 Å². The number of nitriles is 1. The molecule has 0 spiro atoms. The van der Waals surface area contributed by atoms with E-state index in [-0.39, 0.29) is 5.56 Å². The van der Waals surface area contributed by atoms with E-state index in [4.69, 9.17) is 9.68 Å². The zero-order valence-electron chi connectivity index (χ0n) is 19.6. The molecule has 6 nitrogen and oxygen atoms in total. The van der Waals surface area contributed by atoms with Gasteiger partial charge in [0.25, 0.3) is 0 Å². The SMILES string of the molecule is N#CCc1c(F)c(F)c(C(=O)[O-])c(-c2c3ccc(=[N+]4CCC4)cc-3oc3cc(N4CCC4)ccc23)c1F. The van der Waals surface area contributed by atoms with E-state index >= 15 is 8.78 Å². The first-order valence-electron chi connectivity index (χ1n) is 12.0. The van der Waals surface area contributed by atoms with Crippen LogP contribution in [0.15, 0.2) is 40.8 Å². The molecule has 0 amide bonds. The van der Waals surface area contributed by atoms with Crippen LogP contribution in [0, 0.1) is 28.8 Å². The third-order valence-electron chi connectivity index (χ3n) is 7.25. The Balaban J connectivity index is 1.76. The van der Waals surface area contributed by atoms with Crippen molar-refractivity contribution in [3.05, 3.63) is 70.3 Å². The molecule has 2 aromatic rings. The lowest BCUT2D eigenvalue weighted by Gasteiger charge is -2.33. The summed E-state index contributed by atoms with van der Waals surface area (Å²) < 4.78 is 54.1. The smallest absolute Gasteiger partial charge is 0.203 e. The Labute approximate surface area is 209 Å². The molecule has 0 radical (unpaired) electrons. The van der Waals surface area contributed by atoms with Gasteiger partial charge in [-0.2, -0.15) is 5.26 Å². The highest BCUT2D eigenvalue weighted by atomic mass is 19.2. The molecule has 37 heavy (non-hydrogen) atoms. The monoisotopic (exact) mass is 503 g/mol. The molecule has 3 aliphatic heterocycles. The Morgan fingerprint density at radius 2 is 1.81 bits per heavy atom. The molecule has 0 aromatic heterocycles. The van der Waals surface area contributed by atoms with Crippen LogP contribution in [0.4, 0.5) is 18.9 Å². The molecule has 0 bridgehead atoms. The van der Waals surface area contributed by atoms with Crippen LogP contribution in [0.2, 0.25) is 0 Å². The van der Waals surface area contributed by atoms with Gasteiger partial charge >= 0.3 is 0 Å². The molecule has 0 N–H and O–H groups in total. The fraction of sp³-hybridized carbons (Fsp3) is 0.250. The fourth-order valence-electron chi connectivity index (χ4n) is 5.05. The van der Waals surface area contributed by atoms with Gasteiger partial charge in [-0.25, -0.2) is 17.7 Å². The Bertz CT molecular complexity index is 1690. The van der Waals surface area contributed by atoms with Crippen LogP contribution in [-0.2, 0) is 6.42 Å². The van der Waals surface area contributed by atoms with Gasteiger partial charge in [0.15, 0.2) is 11.6 Å². The van der Waals surface area contributed by atoms with Gasteiger partial charge in [0.2, 0.25) is 5.36 Å². The summed E-state index contributed by atoms with van der Waals surface area (Å²) in [6.45, 7) is 3.48. The summed E-state index contributed by atoms with van der Waals surface area (Å²) in [6, 6.07) is 12.1. The number of hydrogen-bond acceptors (Lipinski definition) is 5. The van der Waals surface area contributed by atoms with E-state index in [0.717, 1.165) is 50.1 Å². The minimum atomic E-state index is -2.06. The van der Waals surface area contributed by atoms with Crippen LogP contribution in [0.25, 0.3) is 33.4 Å². The van der Waals surface area contributed by atoms with Crippen LogP contribution >= 0.6 is 0 Å². The summed E-state index contributed by atoms with van der Waals surface area (Å²) in [5.41, 5.74) is -1.16. The fourth-order valence-corrected chi connectivity index (χ4v) is 5.05. The highest BCUT2D eigenvalue weighted by molar-refractivity contribution is 6.08. The lowest BCUT2D eigenvalue weighted by molar-refractivity contribution is -0.255. The van der Waals surface area contributed by atoms with Gasteiger partial charge in [0.05, 0.1) is 30.9 Å². The van der Waals surface area contributed by atoms with E-state index in [0.29, 0.717) is 22.3 Å². The van der Waals surface area contributed by atoms with Crippen molar-refractivity contribution in [2.45, 2.75) is 19.3 Å². The molecule has 2 saturated heterocycles. The molecule has 0 unspecified atom stereocenters. The standard InChI is InChI=1S/C28H20F3N3O3/c29-25-19(7-8-32)26(30)27(31)24(28(35)36)23(25)22-17-5-3-15(33-9-1-10-33)13-20(17)37-21-14-16(4-6-18(21)22)34-11-2-12-34/h3-6,13-14H,1-2,7,9-12H2. The molecule has 2 aromatic carbocycles. The molecule has 186 valence electrons. The number of anilines is 1. The second-order valence-electron chi connectivity index (χ2n) is 9.31. The summed E-state index contributed by atoms with van der Waals surface area (Å²) in [7, 11) is 0. The maximum Gasteiger partial charge on any atom is 0.203 e. The first-order chi connectivity index (χ1) is 17.9. The topological polar surface area (TPSA) is 83.3 Å². The second-order valence-corrected chi connectivity index (χ2v) is 9.31. The molecule has 3 heterocycles.